The number of nitrogens with zero attached hydrogens (tertiary/aromatic N) is 3. The minimum Gasteiger partial charge on any atom is -0.495 e. The lowest BCUT2D eigenvalue weighted by molar-refractivity contribution is -0.144. The molecule has 2 amide bonds. The summed E-state index contributed by atoms with van der Waals surface area (Å²) in [7, 11) is 1.60. The maximum atomic E-state index is 12.6. The number of carbonyl (C=O) groups excluding carboxylic acids is 2. The molecule has 2 fully saturated rings. The van der Waals surface area contributed by atoms with Crippen LogP contribution in [-0.2, 0) is 14.3 Å². The fourth-order valence-corrected chi connectivity index (χ4v) is 3.64. The highest BCUT2D eigenvalue weighted by Gasteiger charge is 2.31. The molecule has 2 heterocycles. The van der Waals surface area contributed by atoms with Crippen LogP contribution in [0, 0.1) is 0 Å². The van der Waals surface area contributed by atoms with Gasteiger partial charge in [-0.3, -0.25) is 14.5 Å². The molecule has 0 aliphatic carbocycles. The molecule has 2 aliphatic rings. The zero-order chi connectivity index (χ0) is 18.7. The van der Waals surface area contributed by atoms with Gasteiger partial charge in [-0.25, -0.2) is 0 Å². The largest absolute Gasteiger partial charge is 0.495 e. The molecule has 0 spiro atoms. The zero-order valence-corrected chi connectivity index (χ0v) is 15.7. The number of ether oxygens (including phenoxy) is 2. The molecule has 7 nitrogen and oxygen atoms in total. The summed E-state index contributed by atoms with van der Waals surface area (Å²) in [5, 5.41) is 0. The number of amides is 2. The van der Waals surface area contributed by atoms with E-state index < -0.39 is 0 Å². The first kappa shape index (κ1) is 18.7. The summed E-state index contributed by atoms with van der Waals surface area (Å²) >= 11 is 0. The summed E-state index contributed by atoms with van der Waals surface area (Å²) < 4.78 is 11.0. The van der Waals surface area contributed by atoms with Gasteiger partial charge in [-0.15, -0.1) is 0 Å². The van der Waals surface area contributed by atoms with Gasteiger partial charge >= 0.3 is 0 Å². The monoisotopic (exact) mass is 361 g/mol. The molecule has 142 valence electrons. The van der Waals surface area contributed by atoms with Crippen LogP contribution in [0.4, 0.5) is 5.69 Å². The lowest BCUT2D eigenvalue weighted by Gasteiger charge is -2.38. The number of anilines is 1. The summed E-state index contributed by atoms with van der Waals surface area (Å²) in [4.78, 5) is 30.7. The number of carbonyl (C=O) groups is 2. The van der Waals surface area contributed by atoms with Crippen LogP contribution in [0.3, 0.4) is 0 Å². The summed E-state index contributed by atoms with van der Waals surface area (Å²) in [5.41, 5.74) is 0.779. The highest BCUT2D eigenvalue weighted by Crippen LogP contribution is 2.28. The van der Waals surface area contributed by atoms with Gasteiger partial charge in [0.1, 0.15) is 5.75 Å². The second kappa shape index (κ2) is 8.05. The van der Waals surface area contributed by atoms with E-state index >= 15 is 0 Å². The Morgan fingerprint density at radius 1 is 1.19 bits per heavy atom. The number of para-hydroxylation sites is 2. The Morgan fingerprint density at radius 3 is 2.54 bits per heavy atom. The number of piperazine rings is 1. The van der Waals surface area contributed by atoms with Gasteiger partial charge in [0.25, 0.3) is 0 Å². The van der Waals surface area contributed by atoms with Crippen LogP contribution >= 0.6 is 0 Å². The number of hydrogen-bond donors (Lipinski definition) is 0. The summed E-state index contributed by atoms with van der Waals surface area (Å²) in [6.07, 6.45) is 0.0958. The summed E-state index contributed by atoms with van der Waals surface area (Å²) in [5.74, 6) is 0.726. The fraction of sp³-hybridized carbons (Fsp3) is 0.579. The highest BCUT2D eigenvalue weighted by molar-refractivity contribution is 5.97. The average Bonchev–Trinajstić information content (AvgIpc) is 2.61. The van der Waals surface area contributed by atoms with Crippen molar-refractivity contribution < 1.29 is 19.1 Å². The molecule has 2 saturated heterocycles. The van der Waals surface area contributed by atoms with Crippen molar-refractivity contribution in [3.05, 3.63) is 24.3 Å². The van der Waals surface area contributed by atoms with E-state index in [1.165, 1.54) is 0 Å². The van der Waals surface area contributed by atoms with Crippen molar-refractivity contribution in [2.24, 2.45) is 0 Å². The summed E-state index contributed by atoms with van der Waals surface area (Å²) in [6.45, 7) is 6.88. The molecular formula is C19H27N3O4. The molecule has 0 bridgehead atoms. The maximum Gasteiger partial charge on any atom is 0.241 e. The van der Waals surface area contributed by atoms with Crippen LogP contribution in [0.25, 0.3) is 0 Å². The van der Waals surface area contributed by atoms with Crippen LogP contribution in [-0.4, -0.2) is 80.2 Å². The Morgan fingerprint density at radius 2 is 1.88 bits per heavy atom. The van der Waals surface area contributed by atoms with Gasteiger partial charge in [0.15, 0.2) is 0 Å². The van der Waals surface area contributed by atoms with Crippen LogP contribution < -0.4 is 9.64 Å². The van der Waals surface area contributed by atoms with E-state index in [1.54, 1.807) is 12.0 Å². The first-order chi connectivity index (χ1) is 12.5. The lowest BCUT2D eigenvalue weighted by Crippen LogP contribution is -2.55. The van der Waals surface area contributed by atoms with Crippen LogP contribution in [0.5, 0.6) is 5.75 Å². The number of benzene rings is 1. The van der Waals surface area contributed by atoms with Crippen molar-refractivity contribution in [1.29, 1.82) is 0 Å². The van der Waals surface area contributed by atoms with Gasteiger partial charge in [0.2, 0.25) is 11.8 Å². The molecular weight excluding hydrogens is 334 g/mol. The second-order valence-electron chi connectivity index (χ2n) is 6.98. The molecule has 2 atom stereocenters. The van der Waals surface area contributed by atoms with E-state index in [2.05, 4.69) is 0 Å². The van der Waals surface area contributed by atoms with Gasteiger partial charge in [0, 0.05) is 26.2 Å². The normalized spacial score (nSPS) is 24.7. The van der Waals surface area contributed by atoms with Gasteiger partial charge in [-0.05, 0) is 26.0 Å². The Balaban J connectivity index is 1.59. The van der Waals surface area contributed by atoms with E-state index in [-0.39, 0.29) is 37.1 Å². The lowest BCUT2D eigenvalue weighted by atomic mass is 10.2. The minimum atomic E-state index is -0.0164. The summed E-state index contributed by atoms with van der Waals surface area (Å²) in [6, 6.07) is 7.50. The molecule has 0 radical (unpaired) electrons. The van der Waals surface area contributed by atoms with Crippen molar-refractivity contribution in [2.75, 3.05) is 51.3 Å². The van der Waals surface area contributed by atoms with Gasteiger partial charge in [0.05, 0.1) is 38.1 Å². The molecule has 1 aromatic rings. The highest BCUT2D eigenvalue weighted by atomic mass is 16.5. The first-order valence-electron chi connectivity index (χ1n) is 9.07. The Kier molecular flexibility index (Phi) is 5.78. The van der Waals surface area contributed by atoms with Crippen molar-refractivity contribution in [3.8, 4) is 5.75 Å². The first-order valence-corrected chi connectivity index (χ1v) is 9.07. The smallest absolute Gasteiger partial charge is 0.241 e. The quantitative estimate of drug-likeness (QED) is 0.800. The number of rotatable bonds is 4. The molecule has 26 heavy (non-hydrogen) atoms. The number of methoxy groups -OCH3 is 1. The maximum absolute atomic E-state index is 12.6. The molecule has 3 rings (SSSR count). The SMILES string of the molecule is COc1ccccc1N1CCN(CC(=O)N2CC(C)OC(C)C2)CC1=O. The standard InChI is InChI=1S/C19H27N3O4/c1-14-10-21(11-15(2)26-14)18(23)12-20-8-9-22(19(24)13-20)16-6-4-5-7-17(16)25-3/h4-7,14-15H,8-13H2,1-3H3. The van der Waals surface area contributed by atoms with Crippen molar-refractivity contribution >= 4 is 17.5 Å². The van der Waals surface area contributed by atoms with E-state index in [0.717, 1.165) is 5.69 Å². The van der Waals surface area contributed by atoms with E-state index in [1.807, 2.05) is 47.9 Å². The van der Waals surface area contributed by atoms with Crippen LogP contribution in [0.15, 0.2) is 24.3 Å². The van der Waals surface area contributed by atoms with Gasteiger partial charge < -0.3 is 19.3 Å². The third kappa shape index (κ3) is 4.16. The van der Waals surface area contributed by atoms with Crippen LogP contribution in [0.1, 0.15) is 13.8 Å². The van der Waals surface area contributed by atoms with E-state index in [0.29, 0.717) is 31.9 Å². The molecule has 7 heteroatoms. The molecule has 1 aromatic carbocycles. The third-order valence-electron chi connectivity index (χ3n) is 4.81. The van der Waals surface area contributed by atoms with Crippen molar-refractivity contribution in [1.82, 2.24) is 9.80 Å². The predicted octanol–water partition coefficient (Wildman–Crippen LogP) is 0.980. The fourth-order valence-electron chi connectivity index (χ4n) is 3.64. The van der Waals surface area contributed by atoms with E-state index in [9.17, 15) is 9.59 Å². The molecule has 2 unspecified atom stereocenters. The molecule has 2 aliphatic heterocycles. The van der Waals surface area contributed by atoms with Crippen LogP contribution in [0.2, 0.25) is 0 Å². The molecule has 0 aromatic heterocycles. The Bertz CT molecular complexity index is 656. The second-order valence-corrected chi connectivity index (χ2v) is 6.98. The number of morpholine rings is 1. The van der Waals surface area contributed by atoms with Gasteiger partial charge in [-0.2, -0.15) is 0 Å². The average molecular weight is 361 g/mol. The minimum absolute atomic E-state index is 0.0164. The topological polar surface area (TPSA) is 62.3 Å². The molecule has 0 N–H and O–H groups in total. The number of hydrogen-bond acceptors (Lipinski definition) is 5. The predicted molar refractivity (Wildman–Crippen MR) is 98.4 cm³/mol. The molecule has 0 saturated carbocycles. The Hall–Kier alpha value is -2.12. The third-order valence-corrected chi connectivity index (χ3v) is 4.81. The van der Waals surface area contributed by atoms with Crippen molar-refractivity contribution in [2.45, 2.75) is 26.1 Å². The van der Waals surface area contributed by atoms with Gasteiger partial charge in [-0.1, -0.05) is 12.1 Å². The Labute approximate surface area is 154 Å². The zero-order valence-electron chi connectivity index (χ0n) is 15.7. The van der Waals surface area contributed by atoms with E-state index in [4.69, 9.17) is 9.47 Å². The van der Waals surface area contributed by atoms with Crippen molar-refractivity contribution in [3.63, 3.8) is 0 Å².